The van der Waals surface area contributed by atoms with Gasteiger partial charge in [0.2, 0.25) is 5.13 Å². The second-order valence-corrected chi connectivity index (χ2v) is 5.35. The Hall–Kier alpha value is -1.14. The van der Waals surface area contributed by atoms with Crippen molar-refractivity contribution < 1.29 is 5.11 Å². The van der Waals surface area contributed by atoms with Gasteiger partial charge in [0.05, 0.1) is 0 Å². The van der Waals surface area contributed by atoms with E-state index in [-0.39, 0.29) is 5.75 Å². The maximum Gasteiger partial charge on any atom is 0.205 e. The Bertz CT molecular complexity index is 501. The SMILES string of the molecule is Cc1nnc(NCc2cc(Br)ccc2O)s1. The molecule has 0 aliphatic heterocycles. The summed E-state index contributed by atoms with van der Waals surface area (Å²) in [6.45, 7) is 2.43. The molecule has 1 heterocycles. The average Bonchev–Trinajstić information content (AvgIpc) is 2.66. The van der Waals surface area contributed by atoms with Crippen LogP contribution in [0, 0.1) is 6.92 Å². The van der Waals surface area contributed by atoms with E-state index in [2.05, 4.69) is 31.4 Å². The third kappa shape index (κ3) is 2.70. The highest BCUT2D eigenvalue weighted by Crippen LogP contribution is 2.23. The highest BCUT2D eigenvalue weighted by Gasteiger charge is 2.04. The molecule has 2 rings (SSSR count). The van der Waals surface area contributed by atoms with Crippen molar-refractivity contribution in [3.63, 3.8) is 0 Å². The molecule has 0 atom stereocenters. The first-order valence-electron chi connectivity index (χ1n) is 4.66. The number of phenolic OH excluding ortho intramolecular Hbond substituents is 1. The first kappa shape index (κ1) is 11.3. The van der Waals surface area contributed by atoms with Gasteiger partial charge in [0.1, 0.15) is 10.8 Å². The van der Waals surface area contributed by atoms with Crippen LogP contribution in [-0.2, 0) is 6.54 Å². The van der Waals surface area contributed by atoms with Crippen molar-refractivity contribution in [1.29, 1.82) is 0 Å². The maximum atomic E-state index is 9.62. The van der Waals surface area contributed by atoms with Gasteiger partial charge in [-0.2, -0.15) is 0 Å². The van der Waals surface area contributed by atoms with Gasteiger partial charge in [-0.05, 0) is 25.1 Å². The lowest BCUT2D eigenvalue weighted by atomic mass is 10.2. The molecule has 0 amide bonds. The molecule has 0 radical (unpaired) electrons. The summed E-state index contributed by atoms with van der Waals surface area (Å²) in [6.07, 6.45) is 0. The molecule has 1 aromatic heterocycles. The molecule has 16 heavy (non-hydrogen) atoms. The van der Waals surface area contributed by atoms with E-state index in [1.54, 1.807) is 12.1 Å². The minimum atomic E-state index is 0.275. The fourth-order valence-electron chi connectivity index (χ4n) is 1.23. The topological polar surface area (TPSA) is 58.0 Å². The number of hydrogen-bond donors (Lipinski definition) is 2. The Labute approximate surface area is 105 Å². The smallest absolute Gasteiger partial charge is 0.205 e. The van der Waals surface area contributed by atoms with Crippen molar-refractivity contribution in [2.24, 2.45) is 0 Å². The highest BCUT2D eigenvalue weighted by atomic mass is 79.9. The van der Waals surface area contributed by atoms with Gasteiger partial charge < -0.3 is 10.4 Å². The largest absolute Gasteiger partial charge is 0.508 e. The Morgan fingerprint density at radius 3 is 2.94 bits per heavy atom. The molecule has 2 N–H and O–H groups in total. The summed E-state index contributed by atoms with van der Waals surface area (Å²) in [5.74, 6) is 0.275. The summed E-state index contributed by atoms with van der Waals surface area (Å²) in [4.78, 5) is 0. The number of benzene rings is 1. The van der Waals surface area contributed by atoms with Gasteiger partial charge in [-0.1, -0.05) is 27.3 Å². The summed E-state index contributed by atoms with van der Waals surface area (Å²) in [5, 5.41) is 22.3. The van der Waals surface area contributed by atoms with Crippen molar-refractivity contribution in [1.82, 2.24) is 10.2 Å². The lowest BCUT2D eigenvalue weighted by Gasteiger charge is -2.05. The van der Waals surface area contributed by atoms with E-state index >= 15 is 0 Å². The molecular weight excluding hydrogens is 290 g/mol. The molecule has 0 aliphatic rings. The normalized spacial score (nSPS) is 10.4. The molecule has 84 valence electrons. The standard InChI is InChI=1S/C10H10BrN3OS/c1-6-13-14-10(16-6)12-5-7-4-8(11)2-3-9(7)15/h2-4,15H,5H2,1H3,(H,12,14). The summed E-state index contributed by atoms with van der Waals surface area (Å²) >= 11 is 4.85. The highest BCUT2D eigenvalue weighted by molar-refractivity contribution is 9.10. The van der Waals surface area contributed by atoms with E-state index in [1.807, 2.05) is 13.0 Å². The van der Waals surface area contributed by atoms with E-state index in [1.165, 1.54) is 11.3 Å². The quantitative estimate of drug-likeness (QED) is 0.915. The van der Waals surface area contributed by atoms with Crippen molar-refractivity contribution in [2.75, 3.05) is 5.32 Å². The number of aromatic nitrogens is 2. The summed E-state index contributed by atoms with van der Waals surface area (Å²) in [5.41, 5.74) is 0.822. The van der Waals surface area contributed by atoms with E-state index in [9.17, 15) is 5.11 Å². The van der Waals surface area contributed by atoms with Gasteiger partial charge >= 0.3 is 0 Å². The van der Waals surface area contributed by atoms with E-state index in [0.717, 1.165) is 20.2 Å². The summed E-state index contributed by atoms with van der Waals surface area (Å²) in [7, 11) is 0. The van der Waals surface area contributed by atoms with Crippen LogP contribution in [0.25, 0.3) is 0 Å². The number of rotatable bonds is 3. The Morgan fingerprint density at radius 1 is 1.44 bits per heavy atom. The van der Waals surface area contributed by atoms with Crippen LogP contribution in [0.1, 0.15) is 10.6 Å². The lowest BCUT2D eigenvalue weighted by Crippen LogP contribution is -1.99. The second-order valence-electron chi connectivity index (χ2n) is 3.25. The van der Waals surface area contributed by atoms with Gasteiger partial charge in [0, 0.05) is 16.6 Å². The van der Waals surface area contributed by atoms with Crippen LogP contribution in [0.3, 0.4) is 0 Å². The minimum absolute atomic E-state index is 0.275. The molecule has 0 aliphatic carbocycles. The van der Waals surface area contributed by atoms with Crippen molar-refractivity contribution in [3.8, 4) is 5.75 Å². The molecule has 0 saturated carbocycles. The summed E-state index contributed by atoms with van der Waals surface area (Å²) < 4.78 is 0.940. The molecule has 4 nitrogen and oxygen atoms in total. The first-order valence-corrected chi connectivity index (χ1v) is 6.27. The maximum absolute atomic E-state index is 9.62. The van der Waals surface area contributed by atoms with Crippen molar-refractivity contribution >= 4 is 32.4 Å². The van der Waals surface area contributed by atoms with Crippen LogP contribution < -0.4 is 5.32 Å². The Kier molecular flexibility index (Phi) is 3.40. The number of nitrogens with one attached hydrogen (secondary N) is 1. The van der Waals surface area contributed by atoms with Gasteiger partial charge in [-0.25, -0.2) is 0 Å². The predicted octanol–water partition coefficient (Wildman–Crippen LogP) is 2.93. The molecule has 6 heteroatoms. The fourth-order valence-corrected chi connectivity index (χ4v) is 2.23. The van der Waals surface area contributed by atoms with E-state index < -0.39 is 0 Å². The monoisotopic (exact) mass is 299 g/mol. The van der Waals surface area contributed by atoms with Gasteiger partial charge in [-0.3, -0.25) is 0 Å². The number of nitrogens with zero attached hydrogens (tertiary/aromatic N) is 2. The van der Waals surface area contributed by atoms with E-state index in [4.69, 9.17) is 0 Å². The molecule has 0 bridgehead atoms. The Balaban J connectivity index is 2.07. The lowest BCUT2D eigenvalue weighted by molar-refractivity contribution is 0.469. The molecule has 0 unspecified atom stereocenters. The van der Waals surface area contributed by atoms with Crippen molar-refractivity contribution in [2.45, 2.75) is 13.5 Å². The molecular formula is C10H10BrN3OS. The van der Waals surface area contributed by atoms with Crippen LogP contribution in [0.5, 0.6) is 5.75 Å². The second kappa shape index (κ2) is 4.80. The number of hydrogen-bond acceptors (Lipinski definition) is 5. The molecule has 2 aromatic rings. The Morgan fingerprint density at radius 2 is 2.25 bits per heavy atom. The first-order chi connectivity index (χ1) is 7.65. The van der Waals surface area contributed by atoms with Crippen LogP contribution in [0.15, 0.2) is 22.7 Å². The van der Waals surface area contributed by atoms with Crippen LogP contribution >= 0.6 is 27.3 Å². The fraction of sp³-hybridized carbons (Fsp3) is 0.200. The number of halogens is 1. The van der Waals surface area contributed by atoms with Gasteiger partial charge in [-0.15, -0.1) is 10.2 Å². The van der Waals surface area contributed by atoms with Crippen molar-refractivity contribution in [3.05, 3.63) is 33.2 Å². The predicted molar refractivity (Wildman–Crippen MR) is 67.8 cm³/mol. The number of phenols is 1. The number of anilines is 1. The number of aromatic hydroxyl groups is 1. The van der Waals surface area contributed by atoms with Crippen LogP contribution in [-0.4, -0.2) is 15.3 Å². The van der Waals surface area contributed by atoms with Crippen LogP contribution in [0.4, 0.5) is 5.13 Å². The number of aryl methyl sites for hydroxylation is 1. The molecule has 0 saturated heterocycles. The average molecular weight is 300 g/mol. The third-order valence-electron chi connectivity index (χ3n) is 2.00. The van der Waals surface area contributed by atoms with Gasteiger partial charge in [0.25, 0.3) is 0 Å². The molecule has 1 aromatic carbocycles. The minimum Gasteiger partial charge on any atom is -0.508 e. The van der Waals surface area contributed by atoms with E-state index in [0.29, 0.717) is 6.54 Å². The third-order valence-corrected chi connectivity index (χ3v) is 3.29. The molecule has 0 fully saturated rings. The van der Waals surface area contributed by atoms with Crippen LogP contribution in [0.2, 0.25) is 0 Å². The van der Waals surface area contributed by atoms with Gasteiger partial charge in [0.15, 0.2) is 0 Å². The zero-order valence-electron chi connectivity index (χ0n) is 8.57. The zero-order valence-corrected chi connectivity index (χ0v) is 11.0. The zero-order chi connectivity index (χ0) is 11.5. The molecule has 0 spiro atoms. The summed E-state index contributed by atoms with van der Waals surface area (Å²) in [6, 6.07) is 5.33.